The number of nitrogens with one attached hydrogen (secondary N) is 1. The molecule has 3 aromatic rings. The van der Waals surface area contributed by atoms with Gasteiger partial charge in [0.2, 0.25) is 0 Å². The Morgan fingerprint density at radius 1 is 1.24 bits per heavy atom. The van der Waals surface area contributed by atoms with Crippen LogP contribution in [0.15, 0.2) is 57.7 Å². The predicted octanol–water partition coefficient (Wildman–Crippen LogP) is 3.93. The van der Waals surface area contributed by atoms with Gasteiger partial charge in [0.05, 0.1) is 10.6 Å². The lowest BCUT2D eigenvalue weighted by atomic mass is 10.1. The lowest BCUT2D eigenvalue weighted by molar-refractivity contribution is -0.384. The van der Waals surface area contributed by atoms with Crippen LogP contribution >= 0.6 is 11.6 Å². The third-order valence-corrected chi connectivity index (χ3v) is 4.69. The van der Waals surface area contributed by atoms with Crippen molar-refractivity contribution in [2.45, 2.75) is 6.42 Å². The highest BCUT2D eigenvalue weighted by atomic mass is 35.5. The minimum Gasteiger partial charge on any atom is -0.423 e. The second kappa shape index (κ2) is 8.74. The number of nitro groups is 1. The Morgan fingerprint density at radius 2 is 2.00 bits per heavy atom. The maximum absolute atomic E-state index is 12.5. The minimum atomic E-state index is -0.621. The maximum Gasteiger partial charge on any atom is 0.338 e. The molecule has 0 saturated carbocycles. The molecule has 8 nitrogen and oxygen atoms in total. The number of carbonyl (C=O) groups is 1. The van der Waals surface area contributed by atoms with E-state index >= 15 is 0 Å². The van der Waals surface area contributed by atoms with E-state index in [-0.39, 0.29) is 22.2 Å². The van der Waals surface area contributed by atoms with E-state index in [1.54, 1.807) is 19.2 Å². The Hall–Kier alpha value is -3.39. The van der Waals surface area contributed by atoms with Gasteiger partial charge in [0, 0.05) is 43.2 Å². The largest absolute Gasteiger partial charge is 0.423 e. The van der Waals surface area contributed by atoms with Crippen molar-refractivity contribution >= 4 is 39.9 Å². The van der Waals surface area contributed by atoms with Crippen LogP contribution in [0.5, 0.6) is 0 Å². The van der Waals surface area contributed by atoms with Gasteiger partial charge in [-0.2, -0.15) is 0 Å². The molecule has 0 fully saturated rings. The SMILES string of the molecule is CN(CCCNc1cc(=O)oc2ccccc12)C(=O)c1ccc(Cl)c([N+](=O)[O-])c1. The van der Waals surface area contributed by atoms with E-state index in [1.165, 1.54) is 29.2 Å². The molecule has 0 saturated heterocycles. The molecule has 0 bridgehead atoms. The smallest absolute Gasteiger partial charge is 0.338 e. The van der Waals surface area contributed by atoms with Crippen LogP contribution < -0.4 is 10.9 Å². The van der Waals surface area contributed by atoms with Crippen molar-refractivity contribution in [1.29, 1.82) is 0 Å². The summed E-state index contributed by atoms with van der Waals surface area (Å²) in [6.07, 6.45) is 0.604. The highest BCUT2D eigenvalue weighted by Gasteiger charge is 2.18. The number of hydrogen-bond acceptors (Lipinski definition) is 6. The molecule has 1 heterocycles. The number of fused-ring (bicyclic) bond motifs is 1. The quantitative estimate of drug-likeness (QED) is 0.271. The second-order valence-electron chi connectivity index (χ2n) is 6.41. The number of carbonyl (C=O) groups excluding carboxylic acids is 1. The fourth-order valence-corrected chi connectivity index (χ4v) is 3.09. The van der Waals surface area contributed by atoms with Gasteiger partial charge in [-0.15, -0.1) is 0 Å². The molecule has 0 aliphatic carbocycles. The molecule has 2 aromatic carbocycles. The van der Waals surface area contributed by atoms with Gasteiger partial charge in [0.25, 0.3) is 11.6 Å². The van der Waals surface area contributed by atoms with Gasteiger partial charge in [0.15, 0.2) is 0 Å². The number of amides is 1. The molecular weight excluding hydrogens is 398 g/mol. The van der Waals surface area contributed by atoms with E-state index in [0.29, 0.717) is 30.8 Å². The van der Waals surface area contributed by atoms with Crippen molar-refractivity contribution in [3.05, 3.63) is 79.7 Å². The number of hydrogen-bond donors (Lipinski definition) is 1. The summed E-state index contributed by atoms with van der Waals surface area (Å²) in [5.41, 5.74) is 0.617. The van der Waals surface area contributed by atoms with Crippen LogP contribution in [0.25, 0.3) is 11.0 Å². The van der Waals surface area contributed by atoms with Gasteiger partial charge < -0.3 is 14.6 Å². The van der Waals surface area contributed by atoms with Crippen LogP contribution in [0.2, 0.25) is 5.02 Å². The molecule has 0 spiro atoms. The highest BCUT2D eigenvalue weighted by Crippen LogP contribution is 2.25. The Kier molecular flexibility index (Phi) is 6.13. The molecule has 1 N–H and O–H groups in total. The fraction of sp³-hybridized carbons (Fsp3) is 0.200. The van der Waals surface area contributed by atoms with Crippen molar-refractivity contribution in [3.8, 4) is 0 Å². The number of rotatable bonds is 7. The van der Waals surface area contributed by atoms with Crippen molar-refractivity contribution in [2.24, 2.45) is 0 Å². The third-order valence-electron chi connectivity index (χ3n) is 4.37. The van der Waals surface area contributed by atoms with Crippen molar-refractivity contribution in [2.75, 3.05) is 25.5 Å². The van der Waals surface area contributed by atoms with Gasteiger partial charge in [-0.25, -0.2) is 4.79 Å². The van der Waals surface area contributed by atoms with E-state index in [4.69, 9.17) is 16.0 Å². The van der Waals surface area contributed by atoms with Crippen LogP contribution in [-0.2, 0) is 0 Å². The molecule has 9 heteroatoms. The molecule has 1 aromatic heterocycles. The van der Waals surface area contributed by atoms with E-state index < -0.39 is 10.5 Å². The molecule has 0 atom stereocenters. The molecule has 29 heavy (non-hydrogen) atoms. The first kappa shape index (κ1) is 20.3. The van der Waals surface area contributed by atoms with Crippen LogP contribution in [0.4, 0.5) is 11.4 Å². The number of benzene rings is 2. The van der Waals surface area contributed by atoms with E-state index in [1.807, 2.05) is 12.1 Å². The van der Waals surface area contributed by atoms with Crippen LogP contribution in [0.3, 0.4) is 0 Å². The average Bonchev–Trinajstić information content (AvgIpc) is 2.70. The van der Waals surface area contributed by atoms with Gasteiger partial charge in [0.1, 0.15) is 10.6 Å². The number of para-hydroxylation sites is 1. The Balaban J connectivity index is 1.60. The van der Waals surface area contributed by atoms with Crippen LogP contribution in [-0.4, -0.2) is 35.9 Å². The van der Waals surface area contributed by atoms with Gasteiger partial charge in [-0.1, -0.05) is 23.7 Å². The average molecular weight is 416 g/mol. The normalized spacial score (nSPS) is 10.7. The summed E-state index contributed by atoms with van der Waals surface area (Å²) >= 11 is 5.78. The Bertz CT molecular complexity index is 1130. The first-order chi connectivity index (χ1) is 13.9. The molecule has 150 valence electrons. The summed E-state index contributed by atoms with van der Waals surface area (Å²) in [5.74, 6) is -0.337. The molecule has 1 amide bonds. The first-order valence-corrected chi connectivity index (χ1v) is 9.21. The zero-order valence-electron chi connectivity index (χ0n) is 15.6. The summed E-state index contributed by atoms with van der Waals surface area (Å²) in [4.78, 5) is 36.0. The second-order valence-corrected chi connectivity index (χ2v) is 6.81. The monoisotopic (exact) mass is 415 g/mol. The Labute approximate surface area is 170 Å². The third kappa shape index (κ3) is 4.72. The summed E-state index contributed by atoms with van der Waals surface area (Å²) in [7, 11) is 1.62. The van der Waals surface area contributed by atoms with Gasteiger partial charge in [-0.05, 0) is 30.7 Å². The molecule has 0 aliphatic heterocycles. The molecule has 0 unspecified atom stereocenters. The fourth-order valence-electron chi connectivity index (χ4n) is 2.90. The predicted molar refractivity (Wildman–Crippen MR) is 111 cm³/mol. The van der Waals surface area contributed by atoms with Gasteiger partial charge in [-0.3, -0.25) is 14.9 Å². The van der Waals surface area contributed by atoms with E-state index in [0.717, 1.165) is 5.39 Å². The standard InChI is InChI=1S/C20H18ClN3O5/c1-23(20(26)13-7-8-15(21)17(11-13)24(27)28)10-4-9-22-16-12-19(25)29-18-6-3-2-5-14(16)18/h2-3,5-8,11-12,22H,4,9-10H2,1H3. The summed E-state index contributed by atoms with van der Waals surface area (Å²) in [6, 6.07) is 12.6. The zero-order chi connectivity index (χ0) is 21.0. The summed E-state index contributed by atoms with van der Waals surface area (Å²) in [5, 5.41) is 15.0. The zero-order valence-corrected chi connectivity index (χ0v) is 16.3. The Morgan fingerprint density at radius 3 is 2.76 bits per heavy atom. The van der Waals surface area contributed by atoms with Crippen LogP contribution in [0, 0.1) is 10.1 Å². The van der Waals surface area contributed by atoms with E-state index in [2.05, 4.69) is 5.32 Å². The van der Waals surface area contributed by atoms with Crippen molar-refractivity contribution in [3.63, 3.8) is 0 Å². The first-order valence-electron chi connectivity index (χ1n) is 8.83. The molecule has 0 radical (unpaired) electrons. The molecule has 3 rings (SSSR count). The van der Waals surface area contributed by atoms with Crippen molar-refractivity contribution in [1.82, 2.24) is 4.90 Å². The number of halogens is 1. The topological polar surface area (TPSA) is 106 Å². The summed E-state index contributed by atoms with van der Waals surface area (Å²) < 4.78 is 5.16. The van der Waals surface area contributed by atoms with Gasteiger partial charge >= 0.3 is 5.63 Å². The number of anilines is 1. The molecule has 0 aliphatic rings. The summed E-state index contributed by atoms with van der Waals surface area (Å²) in [6.45, 7) is 0.938. The number of nitrogens with zero attached hydrogens (tertiary/aromatic N) is 2. The van der Waals surface area contributed by atoms with Crippen LogP contribution in [0.1, 0.15) is 16.8 Å². The van der Waals surface area contributed by atoms with Crippen molar-refractivity contribution < 1.29 is 14.1 Å². The maximum atomic E-state index is 12.5. The lowest BCUT2D eigenvalue weighted by Gasteiger charge is -2.17. The minimum absolute atomic E-state index is 0.0158. The highest BCUT2D eigenvalue weighted by molar-refractivity contribution is 6.32. The van der Waals surface area contributed by atoms with E-state index in [9.17, 15) is 19.7 Å². The molecular formula is C20H18ClN3O5. The lowest BCUT2D eigenvalue weighted by Crippen LogP contribution is -2.29. The number of nitro benzene ring substituents is 1.